The topological polar surface area (TPSA) is 367 Å². The van der Waals surface area contributed by atoms with Crippen LogP contribution in [0.15, 0.2) is 223 Å². The molecular formula is C64H46N14O12. The van der Waals surface area contributed by atoms with Crippen LogP contribution in [0.4, 0.5) is 68.2 Å². The number of hydrogen-bond acceptors (Lipinski definition) is 22. The number of azo groups is 4. The van der Waals surface area contributed by atoms with Gasteiger partial charge in [0, 0.05) is 124 Å². The number of phenolic OH excluding ortho intramolecular Hbond substituents is 3. The van der Waals surface area contributed by atoms with Crippen molar-refractivity contribution in [1.82, 2.24) is 9.97 Å². The van der Waals surface area contributed by atoms with Gasteiger partial charge in [-0.3, -0.25) is 45.4 Å². The normalized spacial score (nSPS) is 12.2. The molecule has 2 aromatic heterocycles. The van der Waals surface area contributed by atoms with Gasteiger partial charge in [0.05, 0.1) is 82.3 Å². The standard InChI is InChI=1S/C64H46N14O12/c1-37-4-2-6-59(65-37)60-7-3-5-50(66-60)36-90-64-44-26-42-32-52(72-68-47-10-18-56(19-11-47)76(84)85)30-40(62(42)80)24-38-28-51(71-67-46-8-16-55(17-9-46)75(82)83)29-39(61(38)79)25-41-31-53(73-69-48-12-20-57(21-13-48)77(86)87)33-43(63(41)81)27-45(64)35-54(34-44)74-70-49-14-22-58(23-15-49)78(88)89/h2-23,28-35,79-81H,24-27,36H2,1H3. The van der Waals surface area contributed by atoms with Crippen molar-refractivity contribution in [1.29, 1.82) is 0 Å². The molecule has 90 heavy (non-hydrogen) atoms. The molecule has 11 rings (SSSR count). The highest BCUT2D eigenvalue weighted by Gasteiger charge is 2.24. The molecule has 1 aliphatic rings. The lowest BCUT2D eigenvalue weighted by Crippen LogP contribution is -2.06. The fourth-order valence-corrected chi connectivity index (χ4v) is 9.83. The van der Waals surface area contributed by atoms with Crippen molar-refractivity contribution < 1.29 is 39.7 Å². The maximum absolute atomic E-state index is 12.6. The van der Waals surface area contributed by atoms with Crippen LogP contribution in [0.2, 0.25) is 0 Å². The highest BCUT2D eigenvalue weighted by Crippen LogP contribution is 2.44. The number of aromatic nitrogens is 2. The number of rotatable bonds is 16. The van der Waals surface area contributed by atoms with Crippen LogP contribution >= 0.6 is 0 Å². The monoisotopic (exact) mass is 1200 g/mol. The molecule has 10 aromatic rings. The van der Waals surface area contributed by atoms with E-state index in [1.54, 1.807) is 42.5 Å². The summed E-state index contributed by atoms with van der Waals surface area (Å²) in [4.78, 5) is 53.4. The number of phenols is 3. The van der Waals surface area contributed by atoms with E-state index in [1.165, 1.54) is 109 Å². The molecule has 0 atom stereocenters. The van der Waals surface area contributed by atoms with Crippen molar-refractivity contribution in [2.45, 2.75) is 39.2 Å². The average molecular weight is 1200 g/mol. The number of benzene rings is 8. The van der Waals surface area contributed by atoms with Gasteiger partial charge in [-0.15, -0.1) is 0 Å². The summed E-state index contributed by atoms with van der Waals surface area (Å²) in [7, 11) is 0. The van der Waals surface area contributed by atoms with E-state index in [0.29, 0.717) is 28.2 Å². The molecule has 3 N–H and O–H groups in total. The fraction of sp³-hybridized carbons (Fsp3) is 0.0938. The number of fused-ring (bicyclic) bond motifs is 8. The van der Waals surface area contributed by atoms with Crippen LogP contribution in [0.3, 0.4) is 0 Å². The molecule has 0 unspecified atom stereocenters. The zero-order valence-corrected chi connectivity index (χ0v) is 47.1. The second-order valence-electron chi connectivity index (χ2n) is 20.5. The third kappa shape index (κ3) is 14.0. The molecule has 8 bridgehead atoms. The molecule has 1 aliphatic carbocycles. The summed E-state index contributed by atoms with van der Waals surface area (Å²) >= 11 is 0. The largest absolute Gasteiger partial charge is 0.507 e. The number of nitro benzene ring substituents is 4. The maximum Gasteiger partial charge on any atom is 0.269 e. The number of aromatic hydroxyl groups is 3. The number of aryl methyl sites for hydroxylation is 1. The second kappa shape index (κ2) is 25.9. The van der Waals surface area contributed by atoms with Crippen molar-refractivity contribution in [2.24, 2.45) is 40.9 Å². The van der Waals surface area contributed by atoms with Gasteiger partial charge in [0.2, 0.25) is 0 Å². The Labute approximate surface area is 508 Å². The third-order valence-corrected chi connectivity index (χ3v) is 14.2. The van der Waals surface area contributed by atoms with Crippen molar-refractivity contribution in [3.05, 3.63) is 278 Å². The van der Waals surface area contributed by atoms with Gasteiger partial charge in [0.15, 0.2) is 0 Å². The lowest BCUT2D eigenvalue weighted by molar-refractivity contribution is -0.385. The Hall–Kier alpha value is -12.7. The van der Waals surface area contributed by atoms with Crippen LogP contribution in [-0.2, 0) is 32.3 Å². The van der Waals surface area contributed by atoms with Crippen LogP contribution in [0, 0.1) is 47.4 Å². The second-order valence-corrected chi connectivity index (χ2v) is 20.5. The molecule has 0 saturated heterocycles. The van der Waals surface area contributed by atoms with E-state index < -0.39 is 19.7 Å². The van der Waals surface area contributed by atoms with E-state index >= 15 is 0 Å². The minimum absolute atomic E-state index is 0.122. The van der Waals surface area contributed by atoms with Gasteiger partial charge >= 0.3 is 0 Å². The Morgan fingerprint density at radius 2 is 0.633 bits per heavy atom. The van der Waals surface area contributed by atoms with Crippen molar-refractivity contribution >= 4 is 68.2 Å². The van der Waals surface area contributed by atoms with Crippen LogP contribution < -0.4 is 4.74 Å². The molecule has 26 nitrogen and oxygen atoms in total. The van der Waals surface area contributed by atoms with Gasteiger partial charge in [-0.25, -0.2) is 4.98 Å². The van der Waals surface area contributed by atoms with Gasteiger partial charge < -0.3 is 20.1 Å². The van der Waals surface area contributed by atoms with Crippen LogP contribution in [-0.4, -0.2) is 45.0 Å². The molecule has 2 heterocycles. The molecule has 8 aromatic carbocycles. The van der Waals surface area contributed by atoms with E-state index in [9.17, 15) is 55.8 Å². The van der Waals surface area contributed by atoms with Gasteiger partial charge in [0.1, 0.15) is 29.6 Å². The van der Waals surface area contributed by atoms with Gasteiger partial charge in [0.25, 0.3) is 22.7 Å². The quantitative estimate of drug-likeness (QED) is 0.0460. The Morgan fingerprint density at radius 3 is 0.933 bits per heavy atom. The molecule has 26 heteroatoms. The predicted octanol–water partition coefficient (Wildman–Crippen LogP) is 17.1. The first-order valence-electron chi connectivity index (χ1n) is 27.3. The van der Waals surface area contributed by atoms with Crippen LogP contribution in [0.1, 0.15) is 55.9 Å². The summed E-state index contributed by atoms with van der Waals surface area (Å²) < 4.78 is 6.91. The number of ether oxygens (including phenoxy) is 1. The smallest absolute Gasteiger partial charge is 0.269 e. The van der Waals surface area contributed by atoms with Gasteiger partial charge in [-0.2, -0.15) is 40.9 Å². The van der Waals surface area contributed by atoms with Crippen molar-refractivity contribution in [2.75, 3.05) is 0 Å². The lowest BCUT2D eigenvalue weighted by Gasteiger charge is -2.20. The highest BCUT2D eigenvalue weighted by molar-refractivity contribution is 5.65. The third-order valence-electron chi connectivity index (χ3n) is 14.2. The SMILES string of the molecule is Cc1cccc(-c2cccc(COc3c4cc(N=Nc5ccc([N+](=O)[O-])cc5)cc3Cc3cc(N=Nc5ccc([N+](=O)[O-])cc5)cc(c3O)Cc3cc(N=Nc5ccc([N+](=O)[O-])cc5)cc(c3O)Cc3cc(N=Nc5ccc([N+](=O)[O-])cc5)cc(c3O)C4)n2)n1. The molecule has 0 aliphatic heterocycles. The molecule has 0 radical (unpaired) electrons. The predicted molar refractivity (Wildman–Crippen MR) is 328 cm³/mol. The Bertz CT molecular complexity index is 4430. The van der Waals surface area contributed by atoms with Gasteiger partial charge in [-0.05, 0) is 128 Å². The average Bonchev–Trinajstić information content (AvgIpc) is 2.76. The Balaban J connectivity index is 1.12. The number of nitrogens with zero attached hydrogens (tertiary/aromatic N) is 14. The van der Waals surface area contributed by atoms with Crippen molar-refractivity contribution in [3.8, 4) is 34.4 Å². The first kappa shape index (κ1) is 59.0. The molecule has 0 saturated carbocycles. The number of nitro groups is 4. The van der Waals surface area contributed by atoms with E-state index in [4.69, 9.17) is 9.72 Å². The molecular weight excluding hydrogens is 1160 g/mol. The van der Waals surface area contributed by atoms with Gasteiger partial charge in [-0.1, -0.05) is 12.1 Å². The molecule has 0 fully saturated rings. The summed E-state index contributed by atoms with van der Waals surface area (Å²) in [5.74, 6) is -0.451. The maximum atomic E-state index is 12.6. The summed E-state index contributed by atoms with van der Waals surface area (Å²) in [5.41, 5.74) is 6.00. The zero-order chi connectivity index (χ0) is 63.0. The molecule has 0 spiro atoms. The van der Waals surface area contributed by atoms with E-state index in [2.05, 4.69) is 45.9 Å². The van der Waals surface area contributed by atoms with E-state index in [-0.39, 0.29) is 157 Å². The summed E-state index contributed by atoms with van der Waals surface area (Å²) in [6.07, 6.45) is -0.664. The summed E-state index contributed by atoms with van der Waals surface area (Å²) in [6, 6.07) is 45.4. The molecule has 0 amide bonds. The Kier molecular flexibility index (Phi) is 17.0. The zero-order valence-electron chi connectivity index (χ0n) is 47.1. The number of pyridine rings is 2. The fourth-order valence-electron chi connectivity index (χ4n) is 9.83. The number of hydrogen-bond donors (Lipinski definition) is 3. The highest BCUT2D eigenvalue weighted by atomic mass is 16.6. The van der Waals surface area contributed by atoms with E-state index in [1.807, 2.05) is 37.3 Å². The minimum Gasteiger partial charge on any atom is -0.507 e. The van der Waals surface area contributed by atoms with Crippen LogP contribution in [0.5, 0.6) is 23.0 Å². The summed E-state index contributed by atoms with van der Waals surface area (Å²) in [5, 5.41) is 119. The molecule has 444 valence electrons. The Morgan fingerprint density at radius 1 is 0.367 bits per heavy atom. The number of non-ortho nitro benzene ring substituents is 4. The minimum atomic E-state index is -0.550. The van der Waals surface area contributed by atoms with E-state index in [0.717, 1.165) is 5.69 Å². The summed E-state index contributed by atoms with van der Waals surface area (Å²) in [6.45, 7) is 1.75. The van der Waals surface area contributed by atoms with Crippen molar-refractivity contribution in [3.63, 3.8) is 0 Å². The first-order valence-corrected chi connectivity index (χ1v) is 27.3. The lowest BCUT2D eigenvalue weighted by atomic mass is 9.90. The van der Waals surface area contributed by atoms with Crippen LogP contribution in [0.25, 0.3) is 11.4 Å². The first-order chi connectivity index (χ1) is 43.4.